The van der Waals surface area contributed by atoms with Crippen molar-refractivity contribution >= 4 is 23.2 Å². The van der Waals surface area contributed by atoms with Gasteiger partial charge in [-0.15, -0.1) is 0 Å². The number of hydrogen-bond acceptors (Lipinski definition) is 8. The highest BCUT2D eigenvalue weighted by Crippen LogP contribution is 2.42. The molecule has 53 heavy (non-hydrogen) atoms. The number of nitriles is 2. The Balaban J connectivity index is 0.000000206. The van der Waals surface area contributed by atoms with Crippen LogP contribution in [0, 0.1) is 22.7 Å². The SMILES string of the molecule is COc1cc(C(=O)Nc2ccc(C3(C#N)CCCC3)cc2)ccc1O.COc1cc(C(=O)Nc2ccc(C3(C#N)CCCC3)cc2)ccc1OC(C)C. The molecule has 2 fully saturated rings. The molecular weight excluding hydrogens is 668 g/mol. The van der Waals surface area contributed by atoms with Gasteiger partial charge in [-0.2, -0.15) is 10.5 Å². The second kappa shape index (κ2) is 17.0. The zero-order valence-electron chi connectivity index (χ0n) is 30.7. The van der Waals surface area contributed by atoms with Crippen LogP contribution in [0.1, 0.15) is 97.1 Å². The van der Waals surface area contributed by atoms with Crippen molar-refractivity contribution in [3.8, 4) is 35.1 Å². The molecule has 0 radical (unpaired) electrons. The highest BCUT2D eigenvalue weighted by Gasteiger charge is 2.36. The number of amides is 2. The average molecular weight is 715 g/mol. The second-order valence-electron chi connectivity index (χ2n) is 13.8. The normalized spacial score (nSPS) is 15.2. The number of ether oxygens (including phenoxy) is 3. The number of anilines is 2. The molecule has 2 aliphatic rings. The number of carbonyl (C=O) groups is 2. The number of rotatable bonds is 10. The summed E-state index contributed by atoms with van der Waals surface area (Å²) in [6, 6.07) is 29.6. The first-order valence-electron chi connectivity index (χ1n) is 17.9. The Kier molecular flexibility index (Phi) is 12.3. The number of benzene rings is 4. The van der Waals surface area contributed by atoms with Crippen LogP contribution in [-0.2, 0) is 10.8 Å². The van der Waals surface area contributed by atoms with E-state index in [0.717, 1.165) is 62.5 Å². The molecule has 3 N–H and O–H groups in total. The summed E-state index contributed by atoms with van der Waals surface area (Å²) in [5.74, 6) is 0.854. The monoisotopic (exact) mass is 714 g/mol. The maximum absolute atomic E-state index is 12.6. The summed E-state index contributed by atoms with van der Waals surface area (Å²) in [7, 11) is 2.99. The minimum Gasteiger partial charge on any atom is -0.504 e. The number of nitrogens with zero attached hydrogens (tertiary/aromatic N) is 2. The first-order valence-corrected chi connectivity index (χ1v) is 17.9. The molecule has 0 unspecified atom stereocenters. The van der Waals surface area contributed by atoms with Crippen LogP contribution in [0.4, 0.5) is 11.4 Å². The minimum atomic E-state index is -0.382. The Morgan fingerprint density at radius 3 is 1.45 bits per heavy atom. The van der Waals surface area contributed by atoms with Crippen LogP contribution in [0.2, 0.25) is 0 Å². The summed E-state index contributed by atoms with van der Waals surface area (Å²) in [6.07, 6.45) is 7.94. The van der Waals surface area contributed by atoms with Crippen molar-refractivity contribution in [2.75, 3.05) is 24.9 Å². The Morgan fingerprint density at radius 2 is 1.06 bits per heavy atom. The van der Waals surface area contributed by atoms with E-state index in [1.54, 1.807) is 25.3 Å². The smallest absolute Gasteiger partial charge is 0.255 e. The first kappa shape index (κ1) is 38.2. The zero-order valence-corrected chi connectivity index (χ0v) is 30.7. The van der Waals surface area contributed by atoms with Crippen LogP contribution in [-0.4, -0.2) is 37.2 Å². The standard InChI is InChI=1S/C23H26N2O3.C20H20N2O3/c1-16(2)28-20-11-6-17(14-21(20)27-3)22(26)25-19-9-7-18(8-10-19)23(15-24)12-4-5-13-23;1-25-18-12-14(4-9-17(18)23)19(24)22-16-7-5-15(6-8-16)20(13-21)10-2-3-11-20/h6-11,14,16H,4-5,12-13H2,1-3H3,(H,25,26);4-9,12,23H,2-3,10-11H2,1H3,(H,22,24). The fourth-order valence-electron chi connectivity index (χ4n) is 7.02. The van der Waals surface area contributed by atoms with Gasteiger partial charge in [-0.25, -0.2) is 0 Å². The topological polar surface area (TPSA) is 154 Å². The predicted molar refractivity (Wildman–Crippen MR) is 204 cm³/mol. The lowest BCUT2D eigenvalue weighted by molar-refractivity contribution is 0.101. The van der Waals surface area contributed by atoms with Crippen LogP contribution in [0.25, 0.3) is 0 Å². The number of carbonyl (C=O) groups excluding carboxylic acids is 2. The van der Waals surface area contributed by atoms with E-state index in [9.17, 15) is 25.2 Å². The van der Waals surface area contributed by atoms with Gasteiger partial charge in [-0.1, -0.05) is 49.9 Å². The van der Waals surface area contributed by atoms with Crippen molar-refractivity contribution in [1.29, 1.82) is 10.5 Å². The van der Waals surface area contributed by atoms with E-state index >= 15 is 0 Å². The van der Waals surface area contributed by atoms with E-state index in [1.165, 1.54) is 25.3 Å². The molecule has 4 aromatic carbocycles. The van der Waals surface area contributed by atoms with Crippen molar-refractivity contribution in [2.45, 2.75) is 82.1 Å². The van der Waals surface area contributed by atoms with Crippen molar-refractivity contribution in [2.24, 2.45) is 0 Å². The van der Waals surface area contributed by atoms with Crippen LogP contribution >= 0.6 is 0 Å². The summed E-state index contributed by atoms with van der Waals surface area (Å²) >= 11 is 0. The van der Waals surface area contributed by atoms with Crippen molar-refractivity contribution in [1.82, 2.24) is 0 Å². The van der Waals surface area contributed by atoms with Crippen LogP contribution in [0.5, 0.6) is 23.0 Å². The summed E-state index contributed by atoms with van der Waals surface area (Å²) in [6.45, 7) is 3.87. The minimum absolute atomic E-state index is 0.0123. The third-order valence-corrected chi connectivity index (χ3v) is 9.96. The predicted octanol–water partition coefficient (Wildman–Crippen LogP) is 9.06. The summed E-state index contributed by atoms with van der Waals surface area (Å²) in [4.78, 5) is 25.0. The van der Waals surface area contributed by atoms with Gasteiger partial charge in [0.15, 0.2) is 23.0 Å². The highest BCUT2D eigenvalue weighted by atomic mass is 16.5. The lowest BCUT2D eigenvalue weighted by atomic mass is 9.80. The fraction of sp³-hybridized carbons (Fsp3) is 0.349. The molecule has 2 amide bonds. The number of nitrogens with one attached hydrogen (secondary N) is 2. The molecule has 6 rings (SSSR count). The lowest BCUT2D eigenvalue weighted by Crippen LogP contribution is -2.19. The third kappa shape index (κ3) is 8.91. The van der Waals surface area contributed by atoms with Crippen molar-refractivity contribution in [3.05, 3.63) is 107 Å². The molecule has 10 heteroatoms. The summed E-state index contributed by atoms with van der Waals surface area (Å²) < 4.78 is 16.1. The van der Waals surface area contributed by atoms with Gasteiger partial charge in [0.05, 0.1) is 43.3 Å². The first-order chi connectivity index (χ1) is 25.5. The van der Waals surface area contributed by atoms with Gasteiger partial charge in [0.1, 0.15) is 0 Å². The van der Waals surface area contributed by atoms with Gasteiger partial charge in [0.25, 0.3) is 11.8 Å². The average Bonchev–Trinajstić information content (AvgIpc) is 3.88. The molecular formula is C43H46N4O6. The largest absolute Gasteiger partial charge is 0.504 e. The maximum Gasteiger partial charge on any atom is 0.255 e. The zero-order chi connectivity index (χ0) is 38.0. The molecule has 0 aliphatic heterocycles. The number of phenolic OH excluding ortho intramolecular Hbond substituents is 1. The van der Waals surface area contributed by atoms with Crippen LogP contribution in [0.3, 0.4) is 0 Å². The van der Waals surface area contributed by atoms with Gasteiger partial charge >= 0.3 is 0 Å². The Morgan fingerprint density at radius 1 is 0.642 bits per heavy atom. The van der Waals surface area contributed by atoms with Gasteiger partial charge in [-0.05, 0) is 111 Å². The molecule has 274 valence electrons. The van der Waals surface area contributed by atoms with Crippen LogP contribution in [0.15, 0.2) is 84.9 Å². The van der Waals surface area contributed by atoms with Gasteiger partial charge in [0, 0.05) is 22.5 Å². The van der Waals surface area contributed by atoms with Gasteiger partial charge in [0.2, 0.25) is 0 Å². The van der Waals surface area contributed by atoms with E-state index in [1.807, 2.05) is 62.4 Å². The summed E-state index contributed by atoms with van der Waals surface area (Å²) in [5.41, 5.74) is 3.52. The Hall–Kier alpha value is -6.00. The molecule has 0 atom stereocenters. The Labute approximate surface area is 311 Å². The molecule has 4 aromatic rings. The molecule has 0 saturated heterocycles. The van der Waals surface area contributed by atoms with E-state index in [4.69, 9.17) is 14.2 Å². The second-order valence-corrected chi connectivity index (χ2v) is 13.8. The van der Waals surface area contributed by atoms with Gasteiger partial charge < -0.3 is 30.0 Å². The van der Waals surface area contributed by atoms with E-state index in [-0.39, 0.29) is 40.2 Å². The van der Waals surface area contributed by atoms with E-state index in [0.29, 0.717) is 34.0 Å². The summed E-state index contributed by atoms with van der Waals surface area (Å²) in [5, 5.41) is 34.5. The van der Waals surface area contributed by atoms with Crippen molar-refractivity contribution in [3.63, 3.8) is 0 Å². The highest BCUT2D eigenvalue weighted by molar-refractivity contribution is 6.05. The molecule has 2 aliphatic carbocycles. The molecule has 0 aromatic heterocycles. The number of aromatic hydroxyl groups is 1. The van der Waals surface area contributed by atoms with Crippen molar-refractivity contribution < 1.29 is 28.9 Å². The molecule has 0 heterocycles. The lowest BCUT2D eigenvalue weighted by Gasteiger charge is -2.21. The molecule has 10 nitrogen and oxygen atoms in total. The van der Waals surface area contributed by atoms with E-state index < -0.39 is 0 Å². The number of methoxy groups -OCH3 is 2. The van der Waals surface area contributed by atoms with Gasteiger partial charge in [-0.3, -0.25) is 9.59 Å². The third-order valence-electron chi connectivity index (χ3n) is 9.96. The maximum atomic E-state index is 12.6. The molecule has 2 saturated carbocycles. The fourth-order valence-corrected chi connectivity index (χ4v) is 7.02. The molecule has 0 bridgehead atoms. The number of hydrogen-bond donors (Lipinski definition) is 3. The van der Waals surface area contributed by atoms with E-state index in [2.05, 4.69) is 22.8 Å². The molecule has 0 spiro atoms. The number of phenols is 1. The van der Waals surface area contributed by atoms with Crippen LogP contribution < -0.4 is 24.8 Å². The quantitative estimate of drug-likeness (QED) is 0.147. The Bertz CT molecular complexity index is 1980.